The Kier molecular flexibility index (Phi) is 3.98. The zero-order valence-electron chi connectivity index (χ0n) is 11.6. The van der Waals surface area contributed by atoms with Gasteiger partial charge in [-0.25, -0.2) is 9.37 Å². The zero-order chi connectivity index (χ0) is 15.5. The lowest BCUT2D eigenvalue weighted by atomic mass is 10.1. The number of nitrogens with zero attached hydrogens (tertiary/aromatic N) is 2. The molecule has 0 fully saturated rings. The summed E-state index contributed by atoms with van der Waals surface area (Å²) in [6.07, 6.45) is 3.27. The molecule has 0 saturated carbocycles. The third-order valence-electron chi connectivity index (χ3n) is 3.36. The summed E-state index contributed by atoms with van der Waals surface area (Å²) in [5.41, 5.74) is 2.36. The molecule has 0 spiro atoms. The molecule has 2 aromatic carbocycles. The maximum Gasteiger partial charge on any atom is 0.165 e. The van der Waals surface area contributed by atoms with E-state index in [1.54, 1.807) is 18.6 Å². The summed E-state index contributed by atoms with van der Waals surface area (Å²) >= 11 is 5.49. The highest BCUT2D eigenvalue weighted by atomic mass is 32.1. The number of rotatable bonds is 3. The first-order valence-electron chi connectivity index (χ1n) is 6.72. The van der Waals surface area contributed by atoms with Gasteiger partial charge in [0.1, 0.15) is 4.64 Å². The highest BCUT2D eigenvalue weighted by Gasteiger charge is 2.07. The van der Waals surface area contributed by atoms with Gasteiger partial charge in [0.25, 0.3) is 0 Å². The highest BCUT2D eigenvalue weighted by Crippen LogP contribution is 2.25. The lowest BCUT2D eigenvalue weighted by molar-refractivity contribution is 0.432. The van der Waals surface area contributed by atoms with E-state index >= 15 is 0 Å². The van der Waals surface area contributed by atoms with Gasteiger partial charge in [0.15, 0.2) is 11.6 Å². The van der Waals surface area contributed by atoms with Crippen LogP contribution in [0.25, 0.3) is 11.1 Å². The largest absolute Gasteiger partial charge is 0.505 e. The molecule has 0 aliphatic rings. The van der Waals surface area contributed by atoms with Crippen LogP contribution in [0.5, 0.6) is 5.75 Å². The average molecular weight is 312 g/mol. The SMILES string of the molecule is Oc1ccc(-c2cncn(Cc3ccccc3)c2=S)cc1F. The van der Waals surface area contributed by atoms with Gasteiger partial charge >= 0.3 is 0 Å². The molecular formula is C17H13FN2OS. The molecule has 3 nitrogen and oxygen atoms in total. The van der Waals surface area contributed by atoms with Crippen molar-refractivity contribution in [1.82, 2.24) is 9.55 Å². The fourth-order valence-corrected chi connectivity index (χ4v) is 2.50. The van der Waals surface area contributed by atoms with E-state index in [0.717, 1.165) is 5.56 Å². The van der Waals surface area contributed by atoms with Gasteiger partial charge in [-0.05, 0) is 23.3 Å². The molecule has 0 atom stereocenters. The van der Waals surface area contributed by atoms with Crippen LogP contribution in [-0.4, -0.2) is 14.7 Å². The quantitative estimate of drug-likeness (QED) is 0.738. The molecule has 0 saturated heterocycles. The summed E-state index contributed by atoms with van der Waals surface area (Å²) in [5.74, 6) is -1.05. The first-order valence-corrected chi connectivity index (χ1v) is 7.13. The van der Waals surface area contributed by atoms with Crippen LogP contribution in [0.4, 0.5) is 4.39 Å². The van der Waals surface area contributed by atoms with Crippen LogP contribution < -0.4 is 0 Å². The monoisotopic (exact) mass is 312 g/mol. The molecule has 22 heavy (non-hydrogen) atoms. The van der Waals surface area contributed by atoms with E-state index in [-0.39, 0.29) is 5.75 Å². The second kappa shape index (κ2) is 6.07. The standard InChI is InChI=1S/C17H13FN2OS/c18-15-8-13(6-7-16(15)21)14-9-19-11-20(17(14)22)10-12-4-2-1-3-5-12/h1-9,11,21H,10H2. The molecule has 0 bridgehead atoms. The Hall–Kier alpha value is -2.53. The van der Waals surface area contributed by atoms with Gasteiger partial charge in [0.2, 0.25) is 0 Å². The Morgan fingerprint density at radius 2 is 1.91 bits per heavy atom. The van der Waals surface area contributed by atoms with E-state index in [0.29, 0.717) is 22.3 Å². The smallest absolute Gasteiger partial charge is 0.165 e. The Bertz CT molecular complexity index is 862. The van der Waals surface area contributed by atoms with Crippen molar-refractivity contribution < 1.29 is 9.50 Å². The second-order valence-electron chi connectivity index (χ2n) is 4.89. The van der Waals surface area contributed by atoms with Crippen molar-refractivity contribution in [2.24, 2.45) is 0 Å². The third-order valence-corrected chi connectivity index (χ3v) is 3.81. The van der Waals surface area contributed by atoms with Gasteiger partial charge in [0.05, 0.1) is 6.33 Å². The molecule has 1 aromatic heterocycles. The lowest BCUT2D eigenvalue weighted by Crippen LogP contribution is -2.04. The minimum Gasteiger partial charge on any atom is -0.505 e. The Morgan fingerprint density at radius 1 is 1.14 bits per heavy atom. The van der Waals surface area contributed by atoms with Gasteiger partial charge in [-0.15, -0.1) is 0 Å². The van der Waals surface area contributed by atoms with Crippen LogP contribution in [0, 0.1) is 10.5 Å². The van der Waals surface area contributed by atoms with Crippen LogP contribution in [0.15, 0.2) is 61.1 Å². The molecule has 5 heteroatoms. The molecule has 3 aromatic rings. The van der Waals surface area contributed by atoms with Crippen LogP contribution in [-0.2, 0) is 6.54 Å². The average Bonchev–Trinajstić information content (AvgIpc) is 2.53. The number of benzene rings is 2. The van der Waals surface area contributed by atoms with Crippen molar-refractivity contribution >= 4 is 12.2 Å². The highest BCUT2D eigenvalue weighted by molar-refractivity contribution is 7.71. The van der Waals surface area contributed by atoms with Gasteiger partial charge in [-0.3, -0.25) is 0 Å². The van der Waals surface area contributed by atoms with E-state index in [9.17, 15) is 9.50 Å². The first kappa shape index (κ1) is 14.4. The molecule has 0 aliphatic carbocycles. The maximum absolute atomic E-state index is 13.5. The predicted octanol–water partition coefficient (Wildman–Crippen LogP) is 4.17. The van der Waals surface area contributed by atoms with E-state index in [1.165, 1.54) is 12.1 Å². The Morgan fingerprint density at radius 3 is 2.64 bits per heavy atom. The maximum atomic E-state index is 13.5. The number of phenols is 1. The lowest BCUT2D eigenvalue weighted by Gasteiger charge is -2.10. The van der Waals surface area contributed by atoms with E-state index in [4.69, 9.17) is 12.2 Å². The minimum atomic E-state index is -0.676. The molecular weight excluding hydrogens is 299 g/mol. The van der Waals surface area contributed by atoms with E-state index < -0.39 is 5.82 Å². The third kappa shape index (κ3) is 2.89. The minimum absolute atomic E-state index is 0.379. The fourth-order valence-electron chi connectivity index (χ4n) is 2.22. The molecule has 0 radical (unpaired) electrons. The summed E-state index contributed by atoms with van der Waals surface area (Å²) in [5, 5.41) is 9.29. The van der Waals surface area contributed by atoms with Crippen molar-refractivity contribution in [3.63, 3.8) is 0 Å². The molecule has 1 N–H and O–H groups in total. The first-order chi connectivity index (χ1) is 10.6. The summed E-state index contributed by atoms with van der Waals surface area (Å²) in [6.45, 7) is 0.598. The Labute approximate surface area is 132 Å². The summed E-state index contributed by atoms with van der Waals surface area (Å²) in [6, 6.07) is 14.1. The number of hydrogen-bond acceptors (Lipinski definition) is 3. The molecule has 0 amide bonds. The summed E-state index contributed by atoms with van der Waals surface area (Å²) < 4.78 is 15.9. The summed E-state index contributed by atoms with van der Waals surface area (Å²) in [4.78, 5) is 4.18. The number of aromatic hydroxyl groups is 1. The topological polar surface area (TPSA) is 38.1 Å². The van der Waals surface area contributed by atoms with Gasteiger partial charge in [-0.2, -0.15) is 0 Å². The molecule has 1 heterocycles. The second-order valence-corrected chi connectivity index (χ2v) is 5.28. The van der Waals surface area contributed by atoms with Crippen molar-refractivity contribution in [1.29, 1.82) is 0 Å². The van der Waals surface area contributed by atoms with Gasteiger partial charge in [0, 0.05) is 18.3 Å². The predicted molar refractivity (Wildman–Crippen MR) is 85.7 cm³/mol. The number of hydrogen-bond donors (Lipinski definition) is 1. The number of phenolic OH excluding ortho intramolecular Hbond substituents is 1. The Balaban J connectivity index is 2.02. The summed E-state index contributed by atoms with van der Waals surface area (Å²) in [7, 11) is 0. The van der Waals surface area contributed by atoms with Crippen LogP contribution in [0.1, 0.15) is 5.56 Å². The van der Waals surface area contributed by atoms with Crippen molar-refractivity contribution in [2.75, 3.05) is 0 Å². The molecule has 110 valence electrons. The van der Waals surface area contributed by atoms with Crippen LogP contribution in [0.3, 0.4) is 0 Å². The van der Waals surface area contributed by atoms with E-state index in [2.05, 4.69) is 4.98 Å². The fraction of sp³-hybridized carbons (Fsp3) is 0.0588. The van der Waals surface area contributed by atoms with Gasteiger partial charge < -0.3 is 9.67 Å². The zero-order valence-corrected chi connectivity index (χ0v) is 12.4. The van der Waals surface area contributed by atoms with Crippen molar-refractivity contribution in [3.8, 4) is 16.9 Å². The van der Waals surface area contributed by atoms with Crippen molar-refractivity contribution in [2.45, 2.75) is 6.54 Å². The normalized spacial score (nSPS) is 10.6. The van der Waals surface area contributed by atoms with Gasteiger partial charge in [-0.1, -0.05) is 48.6 Å². The molecule has 0 unspecified atom stereocenters. The number of aromatic nitrogens is 2. The number of halogens is 1. The molecule has 3 rings (SSSR count). The van der Waals surface area contributed by atoms with Crippen molar-refractivity contribution in [3.05, 3.63) is 77.1 Å². The van der Waals surface area contributed by atoms with E-state index in [1.807, 2.05) is 34.9 Å². The molecule has 0 aliphatic heterocycles. The van der Waals surface area contributed by atoms with Crippen LogP contribution >= 0.6 is 12.2 Å². The van der Waals surface area contributed by atoms with Crippen LogP contribution in [0.2, 0.25) is 0 Å².